The van der Waals surface area contributed by atoms with Gasteiger partial charge in [0.15, 0.2) is 0 Å². The molecule has 0 atom stereocenters. The molecule has 0 bridgehead atoms. The van der Waals surface area contributed by atoms with E-state index in [9.17, 15) is 4.79 Å². The number of aliphatic carboxylic acids is 1. The third-order valence-electron chi connectivity index (χ3n) is 2.86. The number of hydrogen-bond donors (Lipinski definition) is 1. The zero-order valence-corrected chi connectivity index (χ0v) is 12.0. The number of carboxylic acid groups (broad SMARTS) is 1. The van der Waals surface area contributed by atoms with Gasteiger partial charge in [0.1, 0.15) is 0 Å². The lowest BCUT2D eigenvalue weighted by Gasteiger charge is -2.10. The number of carboxylic acids is 1. The van der Waals surface area contributed by atoms with Crippen molar-refractivity contribution in [2.24, 2.45) is 0 Å². The first-order valence-electron chi connectivity index (χ1n) is 6.09. The van der Waals surface area contributed by atoms with E-state index in [0.29, 0.717) is 11.1 Å². The van der Waals surface area contributed by atoms with Crippen molar-refractivity contribution < 1.29 is 9.90 Å². The third-order valence-corrected chi connectivity index (χ3v) is 6.33. The summed E-state index contributed by atoms with van der Waals surface area (Å²) in [6.45, 7) is 9.05. The van der Waals surface area contributed by atoms with Crippen LogP contribution in [0.1, 0.15) is 33.3 Å². The van der Waals surface area contributed by atoms with E-state index in [1.54, 1.807) is 0 Å². The van der Waals surface area contributed by atoms with Crippen LogP contribution in [0.15, 0.2) is 24.3 Å². The molecule has 0 amide bonds. The number of rotatable bonds is 5. The lowest BCUT2D eigenvalue weighted by molar-refractivity contribution is -0.136. The van der Waals surface area contributed by atoms with Crippen LogP contribution in [0, 0.1) is 0 Å². The molecule has 0 heterocycles. The summed E-state index contributed by atoms with van der Waals surface area (Å²) in [6, 6.07) is 8.13. The second-order valence-corrected chi connectivity index (χ2v) is 8.83. The minimum Gasteiger partial charge on any atom is -0.481 e. The quantitative estimate of drug-likeness (QED) is 0.815. The maximum Gasteiger partial charge on any atom is 0.357 e. The van der Waals surface area contributed by atoms with Crippen molar-refractivity contribution in [3.8, 4) is 0 Å². The normalized spacial score (nSPS) is 10.9. The Balaban J connectivity index is 3.00. The van der Waals surface area contributed by atoms with Crippen LogP contribution in [0.5, 0.6) is 0 Å². The first-order valence-corrected chi connectivity index (χ1v) is 7.75. The van der Waals surface area contributed by atoms with Gasteiger partial charge in [-0.25, -0.2) is 0 Å². The predicted molar refractivity (Wildman–Crippen MR) is 73.4 cm³/mol. The molecule has 1 rings (SSSR count). The van der Waals surface area contributed by atoms with E-state index in [1.807, 2.05) is 12.1 Å². The highest BCUT2D eigenvalue weighted by molar-refractivity contribution is 6.75. The second-order valence-electron chi connectivity index (χ2n) is 5.04. The molecule has 0 saturated heterocycles. The Hall–Kier alpha value is -1.09. The Bertz CT molecular complexity index is 378. The van der Waals surface area contributed by atoms with Crippen LogP contribution in [-0.4, -0.2) is 19.9 Å². The fourth-order valence-corrected chi connectivity index (χ4v) is 5.68. The monoisotopic (exact) mass is 249 g/mol. The number of benzene rings is 1. The Kier molecular flexibility index (Phi) is 4.94. The molecule has 92 valence electrons. The van der Waals surface area contributed by atoms with E-state index in [0.717, 1.165) is 5.56 Å². The summed E-state index contributed by atoms with van der Waals surface area (Å²) in [6.07, 6.45) is 0.124. The van der Waals surface area contributed by atoms with Gasteiger partial charge in [-0.15, -0.1) is 0 Å². The first kappa shape index (κ1) is 14.0. The SMILES string of the molecule is CC(C)[Si+](c1cccc(CC(=O)O)c1)C(C)C. The topological polar surface area (TPSA) is 37.3 Å². The lowest BCUT2D eigenvalue weighted by Crippen LogP contribution is -2.36. The summed E-state index contributed by atoms with van der Waals surface area (Å²) in [5.41, 5.74) is 2.25. The van der Waals surface area contributed by atoms with Crippen molar-refractivity contribution in [2.75, 3.05) is 0 Å². The van der Waals surface area contributed by atoms with Gasteiger partial charge < -0.3 is 5.11 Å². The van der Waals surface area contributed by atoms with Gasteiger partial charge >= 0.3 is 14.8 Å². The standard InChI is InChI=1S/C14H20O2Si/c1-10(2)17(11(3)4)13-7-5-6-12(8-13)9-14(15)16/h5-8,10-11H,9H2,1-4H3/p+1. The van der Waals surface area contributed by atoms with Gasteiger partial charge in [-0.3, -0.25) is 4.79 Å². The van der Waals surface area contributed by atoms with Crippen LogP contribution in [0.25, 0.3) is 0 Å². The van der Waals surface area contributed by atoms with E-state index in [2.05, 4.69) is 39.8 Å². The van der Waals surface area contributed by atoms with Gasteiger partial charge in [0, 0.05) is 0 Å². The fraction of sp³-hybridized carbons (Fsp3) is 0.500. The molecule has 0 aliphatic heterocycles. The Morgan fingerprint density at radius 2 is 1.82 bits per heavy atom. The van der Waals surface area contributed by atoms with E-state index in [4.69, 9.17) is 5.11 Å². The summed E-state index contributed by atoms with van der Waals surface area (Å²) < 4.78 is 0. The molecule has 0 aliphatic rings. The Morgan fingerprint density at radius 1 is 1.24 bits per heavy atom. The maximum atomic E-state index is 10.7. The summed E-state index contributed by atoms with van der Waals surface area (Å²) >= 11 is 0. The fourth-order valence-electron chi connectivity index (χ4n) is 2.37. The summed E-state index contributed by atoms with van der Waals surface area (Å²) in [4.78, 5) is 10.7. The van der Waals surface area contributed by atoms with Gasteiger partial charge in [-0.1, -0.05) is 12.1 Å². The smallest absolute Gasteiger partial charge is 0.357 e. The van der Waals surface area contributed by atoms with Crippen LogP contribution in [-0.2, 0) is 11.2 Å². The van der Waals surface area contributed by atoms with Crippen molar-refractivity contribution in [3.05, 3.63) is 29.8 Å². The van der Waals surface area contributed by atoms with Crippen molar-refractivity contribution in [3.63, 3.8) is 0 Å². The summed E-state index contributed by atoms with van der Waals surface area (Å²) in [5.74, 6) is -0.759. The average molecular weight is 249 g/mol. The molecule has 0 aromatic heterocycles. The molecule has 1 aromatic carbocycles. The van der Waals surface area contributed by atoms with Crippen LogP contribution < -0.4 is 5.19 Å². The highest BCUT2D eigenvalue weighted by Crippen LogP contribution is 2.20. The van der Waals surface area contributed by atoms with Crippen molar-refractivity contribution in [1.29, 1.82) is 0 Å². The molecule has 3 heteroatoms. The minimum atomic E-state index is -0.759. The number of hydrogen-bond acceptors (Lipinski definition) is 1. The van der Waals surface area contributed by atoms with E-state index >= 15 is 0 Å². The molecule has 0 saturated carbocycles. The van der Waals surface area contributed by atoms with E-state index in [-0.39, 0.29) is 6.42 Å². The Morgan fingerprint density at radius 3 is 2.29 bits per heavy atom. The van der Waals surface area contributed by atoms with Crippen LogP contribution in [0.3, 0.4) is 0 Å². The van der Waals surface area contributed by atoms with Gasteiger partial charge in [-0.2, -0.15) is 0 Å². The van der Waals surface area contributed by atoms with Crippen molar-refractivity contribution in [2.45, 2.75) is 45.2 Å². The summed E-state index contributed by atoms with van der Waals surface area (Å²) in [5, 5.41) is 10.2. The maximum absolute atomic E-state index is 10.7. The molecule has 17 heavy (non-hydrogen) atoms. The van der Waals surface area contributed by atoms with Crippen LogP contribution in [0.4, 0.5) is 0 Å². The first-order chi connectivity index (χ1) is 7.91. The van der Waals surface area contributed by atoms with Gasteiger partial charge in [0.2, 0.25) is 0 Å². The van der Waals surface area contributed by atoms with Crippen molar-refractivity contribution in [1.82, 2.24) is 0 Å². The van der Waals surface area contributed by atoms with Crippen LogP contribution >= 0.6 is 0 Å². The largest absolute Gasteiger partial charge is 0.481 e. The third kappa shape index (κ3) is 4.00. The minimum absolute atomic E-state index is 0.124. The molecule has 0 radical (unpaired) electrons. The van der Waals surface area contributed by atoms with Crippen LogP contribution in [0.2, 0.25) is 11.1 Å². The summed E-state index contributed by atoms with van der Waals surface area (Å²) in [7, 11) is -0.606. The molecule has 2 nitrogen and oxygen atoms in total. The molecule has 0 aliphatic carbocycles. The zero-order valence-electron chi connectivity index (χ0n) is 11.0. The highest BCUT2D eigenvalue weighted by Gasteiger charge is 2.37. The predicted octanol–water partition coefficient (Wildman–Crippen LogP) is 2.84. The molecule has 1 aromatic rings. The van der Waals surface area contributed by atoms with E-state index in [1.165, 1.54) is 5.19 Å². The molecule has 0 fully saturated rings. The van der Waals surface area contributed by atoms with Crippen molar-refractivity contribution >= 4 is 20.0 Å². The molecule has 0 spiro atoms. The highest BCUT2D eigenvalue weighted by atomic mass is 28.3. The van der Waals surface area contributed by atoms with Gasteiger partial charge in [-0.05, 0) is 45.4 Å². The molecular formula is C14H21O2Si+. The second kappa shape index (κ2) is 6.01. The number of carbonyl (C=O) groups is 1. The van der Waals surface area contributed by atoms with Gasteiger partial charge in [0.25, 0.3) is 0 Å². The average Bonchev–Trinajstić information content (AvgIpc) is 2.15. The molecule has 0 unspecified atom stereocenters. The zero-order chi connectivity index (χ0) is 13.0. The lowest BCUT2D eigenvalue weighted by atomic mass is 10.1. The van der Waals surface area contributed by atoms with Gasteiger partial charge in [0.05, 0.1) is 22.7 Å². The molecular weight excluding hydrogens is 228 g/mol. The van der Waals surface area contributed by atoms with E-state index < -0.39 is 14.8 Å². The Labute approximate surface area is 105 Å². The molecule has 1 N–H and O–H groups in total.